The number of carbonyl (C=O) groups is 3. The minimum Gasteiger partial charge on any atom is -0.478 e. The summed E-state index contributed by atoms with van der Waals surface area (Å²) in [7, 11) is 0. The van der Waals surface area contributed by atoms with Gasteiger partial charge in [-0.15, -0.1) is 0 Å². The zero-order valence-corrected chi connectivity index (χ0v) is 16.0. The number of hydrogen-bond acceptors (Lipinski definition) is 3. The molecule has 7 heteroatoms. The molecular weight excluding hydrogens is 358 g/mol. The first-order chi connectivity index (χ1) is 13.4. The Labute approximate surface area is 164 Å². The van der Waals surface area contributed by atoms with E-state index in [1.54, 1.807) is 30.3 Å². The number of carboxylic acids is 1. The molecule has 4 N–H and O–H groups in total. The fourth-order valence-electron chi connectivity index (χ4n) is 2.42. The first-order valence-corrected chi connectivity index (χ1v) is 9.12. The predicted octanol–water partition coefficient (Wildman–Crippen LogP) is 2.91. The summed E-state index contributed by atoms with van der Waals surface area (Å²) in [6.45, 7) is 4.52. The normalized spacial score (nSPS) is 11.4. The monoisotopic (exact) mass is 383 g/mol. The molecule has 0 fully saturated rings. The highest BCUT2D eigenvalue weighted by atomic mass is 16.4. The van der Waals surface area contributed by atoms with Crippen LogP contribution in [0, 0.1) is 0 Å². The fraction of sp³-hybridized carbons (Fsp3) is 0.286. The number of carboxylic acid groups (broad SMARTS) is 1. The van der Waals surface area contributed by atoms with Gasteiger partial charge in [-0.3, -0.25) is 4.79 Å². The molecule has 3 amide bonds. The maximum absolute atomic E-state index is 12.2. The van der Waals surface area contributed by atoms with Crippen molar-refractivity contribution >= 4 is 17.9 Å². The van der Waals surface area contributed by atoms with Crippen LogP contribution in [0.15, 0.2) is 48.5 Å². The maximum atomic E-state index is 12.2. The molecule has 0 aliphatic rings. The van der Waals surface area contributed by atoms with Gasteiger partial charge in [0, 0.05) is 24.7 Å². The minimum atomic E-state index is -0.989. The quantitative estimate of drug-likeness (QED) is 0.562. The summed E-state index contributed by atoms with van der Waals surface area (Å²) < 4.78 is 0. The summed E-state index contributed by atoms with van der Waals surface area (Å²) in [6, 6.07) is 13.2. The van der Waals surface area contributed by atoms with Gasteiger partial charge in [0.15, 0.2) is 0 Å². The van der Waals surface area contributed by atoms with Crippen molar-refractivity contribution in [2.45, 2.75) is 39.4 Å². The van der Waals surface area contributed by atoms with Crippen molar-refractivity contribution < 1.29 is 19.5 Å². The van der Waals surface area contributed by atoms with Crippen LogP contribution in [0.1, 0.15) is 52.1 Å². The smallest absolute Gasteiger partial charge is 0.335 e. The van der Waals surface area contributed by atoms with Gasteiger partial charge in [-0.05, 0) is 48.7 Å². The summed E-state index contributed by atoms with van der Waals surface area (Å²) in [5.74, 6) is -1.12. The topological polar surface area (TPSA) is 108 Å². The lowest BCUT2D eigenvalue weighted by molar-refractivity contribution is 0.0696. The van der Waals surface area contributed by atoms with E-state index in [0.717, 1.165) is 17.5 Å². The summed E-state index contributed by atoms with van der Waals surface area (Å²) in [5, 5.41) is 17.2. The van der Waals surface area contributed by atoms with E-state index < -0.39 is 5.97 Å². The van der Waals surface area contributed by atoms with Gasteiger partial charge in [-0.1, -0.05) is 31.2 Å². The van der Waals surface area contributed by atoms with E-state index >= 15 is 0 Å². The lowest BCUT2D eigenvalue weighted by Crippen LogP contribution is -2.34. The van der Waals surface area contributed by atoms with Crippen LogP contribution in [-0.4, -0.2) is 29.1 Å². The van der Waals surface area contributed by atoms with Crippen LogP contribution in [0.5, 0.6) is 0 Å². The lowest BCUT2D eigenvalue weighted by atomic mass is 10.1. The Morgan fingerprint density at radius 3 is 2.18 bits per heavy atom. The molecule has 148 valence electrons. The molecule has 0 aliphatic carbocycles. The van der Waals surface area contributed by atoms with Crippen LogP contribution in [0.25, 0.3) is 0 Å². The van der Waals surface area contributed by atoms with Crippen LogP contribution < -0.4 is 16.0 Å². The highest BCUT2D eigenvalue weighted by Crippen LogP contribution is 2.07. The van der Waals surface area contributed by atoms with Gasteiger partial charge >= 0.3 is 12.0 Å². The highest BCUT2D eigenvalue weighted by molar-refractivity contribution is 5.94. The van der Waals surface area contributed by atoms with Gasteiger partial charge in [0.05, 0.1) is 5.56 Å². The Morgan fingerprint density at radius 2 is 1.57 bits per heavy atom. The Bertz CT molecular complexity index is 834. The molecule has 0 aliphatic heterocycles. The number of nitrogens with one attached hydrogen (secondary N) is 3. The van der Waals surface area contributed by atoms with Crippen molar-refractivity contribution in [1.29, 1.82) is 0 Å². The van der Waals surface area contributed by atoms with Crippen LogP contribution in [-0.2, 0) is 13.1 Å². The number of hydrogen-bond donors (Lipinski definition) is 4. The third-order valence-electron chi connectivity index (χ3n) is 4.29. The van der Waals surface area contributed by atoms with Gasteiger partial charge in [-0.25, -0.2) is 9.59 Å². The van der Waals surface area contributed by atoms with E-state index in [0.29, 0.717) is 5.56 Å². The number of urea groups is 1. The van der Waals surface area contributed by atoms with Crippen molar-refractivity contribution in [3.8, 4) is 0 Å². The summed E-state index contributed by atoms with van der Waals surface area (Å²) in [4.78, 5) is 35.0. The Hall–Kier alpha value is -3.35. The molecule has 0 aromatic heterocycles. The second-order valence-corrected chi connectivity index (χ2v) is 6.52. The molecule has 7 nitrogen and oxygen atoms in total. The van der Waals surface area contributed by atoms with Gasteiger partial charge in [-0.2, -0.15) is 0 Å². The summed E-state index contributed by atoms with van der Waals surface area (Å²) in [5.41, 5.74) is 2.37. The first-order valence-electron chi connectivity index (χ1n) is 9.12. The Balaban J connectivity index is 1.83. The molecular formula is C21H25N3O4. The molecule has 0 spiro atoms. The zero-order valence-electron chi connectivity index (χ0n) is 16.0. The van der Waals surface area contributed by atoms with Gasteiger partial charge < -0.3 is 21.1 Å². The van der Waals surface area contributed by atoms with Crippen LogP contribution >= 0.6 is 0 Å². The van der Waals surface area contributed by atoms with Crippen molar-refractivity contribution in [3.05, 3.63) is 70.8 Å². The zero-order chi connectivity index (χ0) is 20.5. The largest absolute Gasteiger partial charge is 0.478 e. The summed E-state index contributed by atoms with van der Waals surface area (Å²) in [6.07, 6.45) is 0.853. The second kappa shape index (κ2) is 10.1. The highest BCUT2D eigenvalue weighted by Gasteiger charge is 2.09. The van der Waals surface area contributed by atoms with E-state index in [-0.39, 0.29) is 36.6 Å². The molecule has 2 aromatic carbocycles. The number of rotatable bonds is 8. The Kier molecular flexibility index (Phi) is 7.56. The number of amides is 3. The first kappa shape index (κ1) is 21.0. The molecule has 28 heavy (non-hydrogen) atoms. The maximum Gasteiger partial charge on any atom is 0.335 e. The van der Waals surface area contributed by atoms with E-state index in [9.17, 15) is 14.4 Å². The van der Waals surface area contributed by atoms with Gasteiger partial charge in [0.2, 0.25) is 0 Å². The fourth-order valence-corrected chi connectivity index (χ4v) is 2.42. The van der Waals surface area contributed by atoms with Crippen molar-refractivity contribution in [1.82, 2.24) is 16.0 Å². The van der Waals surface area contributed by atoms with Crippen molar-refractivity contribution in [2.24, 2.45) is 0 Å². The second-order valence-electron chi connectivity index (χ2n) is 6.52. The molecule has 0 radical (unpaired) electrons. The SMILES string of the molecule is CCC(C)NC(=O)c1cccc(CNC(=O)NCc2ccc(C(=O)O)cc2)c1. The lowest BCUT2D eigenvalue weighted by Gasteiger charge is -2.12. The van der Waals surface area contributed by atoms with Gasteiger partial charge in [0.1, 0.15) is 0 Å². The number of aromatic carboxylic acids is 1. The molecule has 1 unspecified atom stereocenters. The van der Waals surface area contributed by atoms with Crippen LogP contribution in [0.3, 0.4) is 0 Å². The van der Waals surface area contributed by atoms with Crippen molar-refractivity contribution in [2.75, 3.05) is 0 Å². The van der Waals surface area contributed by atoms with E-state index in [1.807, 2.05) is 19.9 Å². The van der Waals surface area contributed by atoms with E-state index in [1.165, 1.54) is 12.1 Å². The molecule has 0 saturated heterocycles. The third kappa shape index (κ3) is 6.42. The third-order valence-corrected chi connectivity index (χ3v) is 4.29. The average molecular weight is 383 g/mol. The van der Waals surface area contributed by atoms with Gasteiger partial charge in [0.25, 0.3) is 5.91 Å². The molecule has 2 rings (SSSR count). The predicted molar refractivity (Wildman–Crippen MR) is 106 cm³/mol. The molecule has 1 atom stereocenters. The minimum absolute atomic E-state index is 0.102. The van der Waals surface area contributed by atoms with Crippen LogP contribution in [0.4, 0.5) is 4.79 Å². The Morgan fingerprint density at radius 1 is 0.929 bits per heavy atom. The molecule has 0 heterocycles. The summed E-state index contributed by atoms with van der Waals surface area (Å²) >= 11 is 0. The average Bonchev–Trinajstić information content (AvgIpc) is 2.71. The standard InChI is InChI=1S/C21H25N3O4/c1-3-14(2)24-19(25)18-6-4-5-16(11-18)13-23-21(28)22-12-15-7-9-17(10-8-15)20(26)27/h4-11,14H,3,12-13H2,1-2H3,(H,24,25)(H,26,27)(H2,22,23,28). The van der Waals surface area contributed by atoms with E-state index in [2.05, 4.69) is 16.0 Å². The van der Waals surface area contributed by atoms with Crippen molar-refractivity contribution in [3.63, 3.8) is 0 Å². The molecule has 2 aromatic rings. The molecule has 0 saturated carbocycles. The van der Waals surface area contributed by atoms with E-state index in [4.69, 9.17) is 5.11 Å². The number of benzene rings is 2. The molecule has 0 bridgehead atoms. The number of carbonyl (C=O) groups excluding carboxylic acids is 2. The van der Waals surface area contributed by atoms with Crippen LogP contribution in [0.2, 0.25) is 0 Å².